The fraction of sp³-hybridized carbons (Fsp3) is 0.148. The molecule has 0 saturated carbocycles. The second-order valence-electron chi connectivity index (χ2n) is 8.08. The van der Waals surface area contributed by atoms with Crippen LogP contribution in [0.3, 0.4) is 0 Å². The lowest BCUT2D eigenvalue weighted by Gasteiger charge is -2.18. The first-order chi connectivity index (χ1) is 16.8. The third kappa shape index (κ3) is 5.75. The largest absolute Gasteiger partial charge is 0.480 e. The Kier molecular flexibility index (Phi) is 7.28. The molecule has 4 aromatic rings. The third-order valence-corrected chi connectivity index (χ3v) is 7.34. The Bertz CT molecular complexity index is 1470. The number of fused-ring (bicyclic) bond motifs is 1. The number of carbonyl (C=O) groups excluding carboxylic acids is 1. The van der Waals surface area contributed by atoms with Crippen LogP contribution >= 0.6 is 11.6 Å². The number of nitrogens with one attached hydrogen (secondary N) is 2. The normalized spacial score (nSPS) is 12.2. The molecule has 0 unspecified atom stereocenters. The first-order valence-electron chi connectivity index (χ1n) is 11.1. The Morgan fingerprint density at radius 2 is 1.63 bits per heavy atom. The molecule has 0 aromatic heterocycles. The molecule has 4 rings (SSSR count). The van der Waals surface area contributed by atoms with Gasteiger partial charge in [-0.15, -0.1) is 0 Å². The van der Waals surface area contributed by atoms with Crippen molar-refractivity contribution in [3.8, 4) is 5.75 Å². The van der Waals surface area contributed by atoms with Gasteiger partial charge in [-0.05, 0) is 66.8 Å². The number of anilines is 2. The van der Waals surface area contributed by atoms with E-state index in [1.807, 2.05) is 56.3 Å². The number of hydrogen-bond acceptors (Lipinski definition) is 4. The number of sulfonamides is 1. The summed E-state index contributed by atoms with van der Waals surface area (Å²) in [6.07, 6.45) is -0.248. The number of carbonyl (C=O) groups is 1. The summed E-state index contributed by atoms with van der Waals surface area (Å²) in [5, 5.41) is 5.23. The van der Waals surface area contributed by atoms with Gasteiger partial charge >= 0.3 is 0 Å². The summed E-state index contributed by atoms with van der Waals surface area (Å²) in [5.41, 5.74) is 1.69. The predicted molar refractivity (Wildman–Crippen MR) is 141 cm³/mol. The molecule has 0 aliphatic carbocycles. The van der Waals surface area contributed by atoms with Gasteiger partial charge in [-0.2, -0.15) is 0 Å². The van der Waals surface area contributed by atoms with Crippen LogP contribution in [0, 0.1) is 6.92 Å². The maximum Gasteiger partial charge on any atom is 0.265 e. The van der Waals surface area contributed by atoms with E-state index in [0.717, 1.165) is 16.3 Å². The minimum Gasteiger partial charge on any atom is -0.480 e. The molecule has 180 valence electrons. The highest BCUT2D eigenvalue weighted by Gasteiger charge is 2.20. The molecular weight excluding hydrogens is 484 g/mol. The molecule has 1 atom stereocenters. The first kappa shape index (κ1) is 24.6. The highest BCUT2D eigenvalue weighted by molar-refractivity contribution is 7.92. The summed E-state index contributed by atoms with van der Waals surface area (Å²) < 4.78 is 34.0. The molecule has 0 spiro atoms. The quantitative estimate of drug-likeness (QED) is 0.288. The first-order valence-corrected chi connectivity index (χ1v) is 13.0. The molecule has 0 radical (unpaired) electrons. The average molecular weight is 509 g/mol. The van der Waals surface area contributed by atoms with E-state index in [2.05, 4.69) is 10.0 Å². The third-order valence-electron chi connectivity index (χ3n) is 5.54. The maximum atomic E-state index is 12.9. The topological polar surface area (TPSA) is 84.5 Å². The molecular formula is C27H25ClN2O4S. The van der Waals surface area contributed by atoms with Crippen molar-refractivity contribution in [2.24, 2.45) is 0 Å². The minimum absolute atomic E-state index is 0.0613. The lowest BCUT2D eigenvalue weighted by molar-refractivity contribution is -0.122. The Balaban J connectivity index is 1.45. The van der Waals surface area contributed by atoms with Gasteiger partial charge in [0.05, 0.1) is 10.6 Å². The van der Waals surface area contributed by atoms with Crippen LogP contribution in [0.2, 0.25) is 5.02 Å². The molecule has 1 amide bonds. The predicted octanol–water partition coefficient (Wildman–Crippen LogP) is 6.40. The van der Waals surface area contributed by atoms with Gasteiger partial charge in [-0.1, -0.05) is 61.0 Å². The van der Waals surface area contributed by atoms with Crippen molar-refractivity contribution in [1.82, 2.24) is 0 Å². The van der Waals surface area contributed by atoms with Crippen LogP contribution in [-0.2, 0) is 14.8 Å². The molecule has 8 heteroatoms. The smallest absolute Gasteiger partial charge is 0.265 e. The summed E-state index contributed by atoms with van der Waals surface area (Å²) in [4.78, 5) is 12.9. The van der Waals surface area contributed by atoms with Gasteiger partial charge in [0, 0.05) is 16.1 Å². The lowest BCUT2D eigenvalue weighted by Crippen LogP contribution is -2.32. The second kappa shape index (κ2) is 10.4. The van der Waals surface area contributed by atoms with Crippen molar-refractivity contribution in [2.45, 2.75) is 31.3 Å². The molecule has 0 aliphatic rings. The number of rotatable bonds is 8. The van der Waals surface area contributed by atoms with Crippen LogP contribution in [0.25, 0.3) is 10.8 Å². The van der Waals surface area contributed by atoms with Crippen LogP contribution in [0.5, 0.6) is 5.75 Å². The average Bonchev–Trinajstić information content (AvgIpc) is 2.85. The van der Waals surface area contributed by atoms with E-state index in [4.69, 9.17) is 16.3 Å². The Morgan fingerprint density at radius 1 is 0.943 bits per heavy atom. The highest BCUT2D eigenvalue weighted by Crippen LogP contribution is 2.27. The summed E-state index contributed by atoms with van der Waals surface area (Å²) in [7, 11) is -3.82. The molecule has 2 N–H and O–H groups in total. The minimum atomic E-state index is -3.82. The molecule has 35 heavy (non-hydrogen) atoms. The SMILES string of the molecule is CC[C@H](Oc1cccc2ccccc12)C(=O)Nc1ccc(S(=O)(=O)Nc2ccc(C)c(Cl)c2)cc1. The Hall–Kier alpha value is -3.55. The van der Waals surface area contributed by atoms with Gasteiger partial charge in [-0.25, -0.2) is 8.42 Å². The van der Waals surface area contributed by atoms with Crippen LogP contribution in [0.4, 0.5) is 11.4 Å². The van der Waals surface area contributed by atoms with Crippen LogP contribution in [0.1, 0.15) is 18.9 Å². The second-order valence-corrected chi connectivity index (χ2v) is 10.2. The molecule has 0 fully saturated rings. The zero-order valence-corrected chi connectivity index (χ0v) is 20.9. The van der Waals surface area contributed by atoms with Crippen molar-refractivity contribution in [2.75, 3.05) is 10.0 Å². The van der Waals surface area contributed by atoms with Gasteiger partial charge in [0.15, 0.2) is 6.10 Å². The number of ether oxygens (including phenoxy) is 1. The van der Waals surface area contributed by atoms with Crippen molar-refractivity contribution in [3.63, 3.8) is 0 Å². The Labute approximate surface area is 209 Å². The van der Waals surface area contributed by atoms with E-state index in [1.165, 1.54) is 12.1 Å². The number of halogens is 1. The zero-order chi connectivity index (χ0) is 25.0. The fourth-order valence-electron chi connectivity index (χ4n) is 3.58. The number of hydrogen-bond donors (Lipinski definition) is 2. The fourth-order valence-corrected chi connectivity index (χ4v) is 4.81. The molecule has 0 bridgehead atoms. The van der Waals surface area contributed by atoms with Gasteiger partial charge in [0.2, 0.25) is 0 Å². The molecule has 0 saturated heterocycles. The van der Waals surface area contributed by atoms with Crippen LogP contribution < -0.4 is 14.8 Å². The zero-order valence-electron chi connectivity index (χ0n) is 19.3. The number of aryl methyl sites for hydroxylation is 1. The van der Waals surface area contributed by atoms with Crippen molar-refractivity contribution < 1.29 is 17.9 Å². The summed E-state index contributed by atoms with van der Waals surface area (Å²) >= 11 is 6.09. The summed E-state index contributed by atoms with van der Waals surface area (Å²) in [5.74, 6) is 0.317. The van der Waals surface area contributed by atoms with Crippen molar-refractivity contribution in [1.29, 1.82) is 0 Å². The number of benzene rings is 4. The summed E-state index contributed by atoms with van der Waals surface area (Å²) in [6.45, 7) is 3.71. The van der Waals surface area contributed by atoms with Crippen LogP contribution in [-0.4, -0.2) is 20.4 Å². The van der Waals surface area contributed by atoms with E-state index in [-0.39, 0.29) is 10.8 Å². The highest BCUT2D eigenvalue weighted by atomic mass is 35.5. The van der Waals surface area contributed by atoms with Gasteiger partial charge in [-0.3, -0.25) is 9.52 Å². The van der Waals surface area contributed by atoms with E-state index in [9.17, 15) is 13.2 Å². The monoisotopic (exact) mass is 508 g/mol. The van der Waals surface area contributed by atoms with Gasteiger partial charge in [0.25, 0.3) is 15.9 Å². The Morgan fingerprint density at radius 3 is 2.34 bits per heavy atom. The van der Waals surface area contributed by atoms with Gasteiger partial charge in [0.1, 0.15) is 5.75 Å². The van der Waals surface area contributed by atoms with Crippen molar-refractivity contribution >= 4 is 49.7 Å². The molecule has 0 aliphatic heterocycles. The van der Waals surface area contributed by atoms with Gasteiger partial charge < -0.3 is 10.1 Å². The van der Waals surface area contributed by atoms with E-state index in [0.29, 0.717) is 28.6 Å². The maximum absolute atomic E-state index is 12.9. The molecule has 0 heterocycles. The standard InChI is InChI=1S/C27H25ClN2O4S/c1-3-25(34-26-10-6-8-19-7-4-5-9-23(19)26)27(31)29-20-13-15-22(16-14-20)35(32,33)30-21-12-11-18(2)24(28)17-21/h4-17,25,30H,3H2,1-2H3,(H,29,31)/t25-/m0/s1. The summed E-state index contributed by atoms with van der Waals surface area (Å²) in [6, 6.07) is 24.4. The van der Waals surface area contributed by atoms with E-state index >= 15 is 0 Å². The number of amides is 1. The van der Waals surface area contributed by atoms with Crippen molar-refractivity contribution in [3.05, 3.63) is 95.5 Å². The van der Waals surface area contributed by atoms with E-state index in [1.54, 1.807) is 30.3 Å². The van der Waals surface area contributed by atoms with E-state index < -0.39 is 16.1 Å². The van der Waals surface area contributed by atoms with Crippen LogP contribution in [0.15, 0.2) is 89.8 Å². The molecule has 4 aromatic carbocycles. The lowest BCUT2D eigenvalue weighted by atomic mass is 10.1. The molecule has 6 nitrogen and oxygen atoms in total.